The van der Waals surface area contributed by atoms with E-state index < -0.39 is 0 Å². The molecule has 2 N–H and O–H groups in total. The molecule has 0 aliphatic heterocycles. The number of hydrogen-bond donors (Lipinski definition) is 1. The predicted molar refractivity (Wildman–Crippen MR) is 83.8 cm³/mol. The number of nitrogens with two attached hydrogens (primary N) is 1. The van der Waals surface area contributed by atoms with Crippen molar-refractivity contribution in [1.29, 1.82) is 0 Å². The highest BCUT2D eigenvalue weighted by Crippen LogP contribution is 2.28. The first-order chi connectivity index (χ1) is 9.08. The monoisotopic (exact) mass is 300 g/mol. The summed E-state index contributed by atoms with van der Waals surface area (Å²) in [5.41, 5.74) is 6.53. The summed E-state index contributed by atoms with van der Waals surface area (Å²) in [6, 6.07) is 5.33. The summed E-state index contributed by atoms with van der Waals surface area (Å²) >= 11 is 7.38. The number of nitrogens with zero attached hydrogens (tertiary/aromatic N) is 1. The highest BCUT2D eigenvalue weighted by molar-refractivity contribution is 8.00. The number of nitrogen functional groups attached to an aromatic ring is 1. The number of amides is 1. The maximum atomic E-state index is 12.1. The Morgan fingerprint density at radius 2 is 1.95 bits per heavy atom. The van der Waals surface area contributed by atoms with E-state index in [-0.39, 0.29) is 5.91 Å². The van der Waals surface area contributed by atoms with Crippen LogP contribution in [-0.2, 0) is 4.79 Å². The van der Waals surface area contributed by atoms with Crippen LogP contribution in [0.2, 0.25) is 5.02 Å². The minimum Gasteiger partial charge on any atom is -0.398 e. The van der Waals surface area contributed by atoms with E-state index in [1.807, 2.05) is 4.90 Å². The van der Waals surface area contributed by atoms with E-state index in [4.69, 9.17) is 17.3 Å². The van der Waals surface area contributed by atoms with Crippen molar-refractivity contribution in [2.45, 2.75) is 31.6 Å². The number of halogens is 1. The van der Waals surface area contributed by atoms with Gasteiger partial charge in [-0.15, -0.1) is 11.8 Å². The van der Waals surface area contributed by atoms with Gasteiger partial charge in [0.1, 0.15) is 0 Å². The van der Waals surface area contributed by atoms with E-state index >= 15 is 0 Å². The number of benzene rings is 1. The fourth-order valence-electron chi connectivity index (χ4n) is 1.77. The summed E-state index contributed by atoms with van der Waals surface area (Å²) in [5, 5.41) is 0.642. The average Bonchev–Trinajstić information content (AvgIpc) is 2.39. The Hall–Kier alpha value is -0.870. The zero-order chi connectivity index (χ0) is 14.3. The molecule has 106 valence electrons. The minimum atomic E-state index is 0.160. The van der Waals surface area contributed by atoms with Crippen LogP contribution in [0.4, 0.5) is 5.69 Å². The number of thioether (sulfide) groups is 1. The van der Waals surface area contributed by atoms with Crippen LogP contribution in [0.15, 0.2) is 23.1 Å². The van der Waals surface area contributed by atoms with Crippen LogP contribution in [0.1, 0.15) is 26.7 Å². The number of rotatable bonds is 7. The SMILES string of the molecule is CCCN(CCC)C(=O)CSc1cc(Cl)ccc1N. The van der Waals surface area contributed by atoms with Crippen LogP contribution in [0.3, 0.4) is 0 Å². The molecule has 0 aromatic heterocycles. The Morgan fingerprint density at radius 1 is 1.32 bits per heavy atom. The molecule has 0 unspecified atom stereocenters. The standard InChI is InChI=1S/C14H21ClN2OS/c1-3-7-17(8-4-2)14(18)10-19-13-9-11(15)5-6-12(13)16/h5-6,9H,3-4,7-8,10,16H2,1-2H3. The van der Waals surface area contributed by atoms with Gasteiger partial charge < -0.3 is 10.6 Å². The molecule has 1 rings (SSSR count). The largest absolute Gasteiger partial charge is 0.398 e. The van der Waals surface area contributed by atoms with Gasteiger partial charge in [0.25, 0.3) is 0 Å². The van der Waals surface area contributed by atoms with Crippen LogP contribution in [0, 0.1) is 0 Å². The fraction of sp³-hybridized carbons (Fsp3) is 0.500. The summed E-state index contributed by atoms with van der Waals surface area (Å²) < 4.78 is 0. The van der Waals surface area contributed by atoms with Gasteiger partial charge in [-0.05, 0) is 31.0 Å². The first kappa shape index (κ1) is 16.2. The summed E-state index contributed by atoms with van der Waals surface area (Å²) in [4.78, 5) is 14.9. The molecule has 3 nitrogen and oxygen atoms in total. The van der Waals surface area contributed by atoms with Crippen molar-refractivity contribution in [3.8, 4) is 0 Å². The third-order valence-electron chi connectivity index (χ3n) is 2.67. The van der Waals surface area contributed by atoms with Gasteiger partial charge in [0.2, 0.25) is 5.91 Å². The van der Waals surface area contributed by atoms with Gasteiger partial charge in [0.15, 0.2) is 0 Å². The van der Waals surface area contributed by atoms with Crippen LogP contribution in [0.5, 0.6) is 0 Å². The Morgan fingerprint density at radius 3 is 2.53 bits per heavy atom. The zero-order valence-electron chi connectivity index (χ0n) is 11.5. The molecular weight excluding hydrogens is 280 g/mol. The lowest BCUT2D eigenvalue weighted by molar-refractivity contribution is -0.128. The predicted octanol–water partition coefficient (Wildman–Crippen LogP) is 3.66. The summed E-state index contributed by atoms with van der Waals surface area (Å²) in [6.07, 6.45) is 1.96. The molecule has 0 atom stereocenters. The lowest BCUT2D eigenvalue weighted by Gasteiger charge is -2.21. The Kier molecular flexibility index (Phi) is 7.10. The van der Waals surface area contributed by atoms with E-state index in [0.29, 0.717) is 16.5 Å². The number of hydrogen-bond acceptors (Lipinski definition) is 3. The second kappa shape index (κ2) is 8.33. The fourth-order valence-corrected chi connectivity index (χ4v) is 2.91. The van der Waals surface area contributed by atoms with Crippen molar-refractivity contribution in [2.75, 3.05) is 24.6 Å². The van der Waals surface area contributed by atoms with Gasteiger partial charge in [-0.2, -0.15) is 0 Å². The lowest BCUT2D eigenvalue weighted by Crippen LogP contribution is -2.33. The number of anilines is 1. The van der Waals surface area contributed by atoms with Crippen LogP contribution < -0.4 is 5.73 Å². The summed E-state index contributed by atoms with van der Waals surface area (Å²) in [5.74, 6) is 0.568. The van der Waals surface area contributed by atoms with E-state index in [2.05, 4.69) is 13.8 Å². The average molecular weight is 301 g/mol. The van der Waals surface area contributed by atoms with Gasteiger partial charge in [0.05, 0.1) is 5.75 Å². The van der Waals surface area contributed by atoms with E-state index in [0.717, 1.165) is 30.8 Å². The molecule has 1 amide bonds. The molecule has 1 aromatic carbocycles. The molecule has 0 saturated heterocycles. The van der Waals surface area contributed by atoms with Crippen molar-refractivity contribution in [2.24, 2.45) is 0 Å². The minimum absolute atomic E-state index is 0.160. The smallest absolute Gasteiger partial charge is 0.232 e. The number of carbonyl (C=O) groups is 1. The highest BCUT2D eigenvalue weighted by Gasteiger charge is 2.12. The van der Waals surface area contributed by atoms with Crippen LogP contribution in [-0.4, -0.2) is 29.6 Å². The van der Waals surface area contributed by atoms with Crippen molar-refractivity contribution in [1.82, 2.24) is 4.90 Å². The molecule has 0 aliphatic carbocycles. The molecule has 5 heteroatoms. The number of carbonyl (C=O) groups excluding carboxylic acids is 1. The van der Waals surface area contributed by atoms with Gasteiger partial charge in [0, 0.05) is 28.7 Å². The molecule has 0 heterocycles. The molecule has 0 radical (unpaired) electrons. The maximum absolute atomic E-state index is 12.1. The first-order valence-corrected chi connectivity index (χ1v) is 7.90. The Bertz CT molecular complexity index is 420. The van der Waals surface area contributed by atoms with Gasteiger partial charge in [-0.3, -0.25) is 4.79 Å². The third-order valence-corrected chi connectivity index (χ3v) is 3.96. The van der Waals surface area contributed by atoms with Crippen molar-refractivity contribution >= 4 is 35.0 Å². The summed E-state index contributed by atoms with van der Waals surface area (Å²) in [7, 11) is 0. The molecular formula is C14H21ClN2OS. The lowest BCUT2D eigenvalue weighted by atomic mass is 10.3. The molecule has 1 aromatic rings. The quantitative estimate of drug-likeness (QED) is 0.617. The normalized spacial score (nSPS) is 10.5. The Labute approximate surface area is 124 Å². The molecule has 19 heavy (non-hydrogen) atoms. The van der Waals surface area contributed by atoms with E-state index in [1.165, 1.54) is 11.8 Å². The molecule has 0 saturated carbocycles. The second-order valence-corrected chi connectivity index (χ2v) is 5.81. The van der Waals surface area contributed by atoms with Gasteiger partial charge >= 0.3 is 0 Å². The van der Waals surface area contributed by atoms with E-state index in [9.17, 15) is 4.79 Å². The topological polar surface area (TPSA) is 46.3 Å². The first-order valence-electron chi connectivity index (χ1n) is 6.54. The second-order valence-electron chi connectivity index (χ2n) is 4.35. The molecule has 0 bridgehead atoms. The molecule has 0 spiro atoms. The third kappa shape index (κ3) is 5.33. The van der Waals surface area contributed by atoms with Crippen molar-refractivity contribution < 1.29 is 4.79 Å². The molecule has 0 fully saturated rings. The zero-order valence-corrected chi connectivity index (χ0v) is 13.1. The van der Waals surface area contributed by atoms with Crippen LogP contribution >= 0.6 is 23.4 Å². The maximum Gasteiger partial charge on any atom is 0.232 e. The summed E-state index contributed by atoms with van der Waals surface area (Å²) in [6.45, 7) is 5.80. The highest BCUT2D eigenvalue weighted by atomic mass is 35.5. The van der Waals surface area contributed by atoms with E-state index in [1.54, 1.807) is 18.2 Å². The molecule has 0 aliphatic rings. The van der Waals surface area contributed by atoms with Gasteiger partial charge in [-0.1, -0.05) is 25.4 Å². The van der Waals surface area contributed by atoms with Crippen LogP contribution in [0.25, 0.3) is 0 Å². The van der Waals surface area contributed by atoms with Crippen molar-refractivity contribution in [3.05, 3.63) is 23.2 Å². The van der Waals surface area contributed by atoms with Crippen molar-refractivity contribution in [3.63, 3.8) is 0 Å². The van der Waals surface area contributed by atoms with Gasteiger partial charge in [-0.25, -0.2) is 0 Å². The Balaban J connectivity index is 2.59.